The van der Waals surface area contributed by atoms with Crippen LogP contribution in [0.1, 0.15) is 5.56 Å². The minimum atomic E-state index is -0.130. The maximum atomic E-state index is 8.27. The van der Waals surface area contributed by atoms with Crippen molar-refractivity contribution in [2.24, 2.45) is 15.9 Å². The van der Waals surface area contributed by atoms with Crippen LogP contribution in [-0.2, 0) is 6.42 Å². The van der Waals surface area contributed by atoms with Crippen LogP contribution in [0.4, 0.5) is 0 Å². The maximum Gasteiger partial charge on any atom is 0.237 e. The smallest absolute Gasteiger partial charge is 0.237 e. The molecule has 0 saturated heterocycles. The van der Waals surface area contributed by atoms with Gasteiger partial charge in [0.25, 0.3) is 0 Å². The summed E-state index contributed by atoms with van der Waals surface area (Å²) < 4.78 is 0. The lowest BCUT2D eigenvalue weighted by atomic mass is 10.2. The average Bonchev–Trinajstić information content (AvgIpc) is 2.25. The third kappa shape index (κ3) is 3.68. The van der Waals surface area contributed by atoms with Crippen molar-refractivity contribution in [2.45, 2.75) is 6.42 Å². The lowest BCUT2D eigenvalue weighted by molar-refractivity contribution is 0.232. The van der Waals surface area contributed by atoms with E-state index in [0.29, 0.717) is 6.42 Å². The molecular weight excluding hydrogens is 180 g/mol. The van der Waals surface area contributed by atoms with Crippen molar-refractivity contribution in [3.63, 3.8) is 0 Å². The van der Waals surface area contributed by atoms with Gasteiger partial charge in [-0.1, -0.05) is 30.3 Å². The molecule has 0 aliphatic rings. The molecule has 0 atom stereocenters. The zero-order valence-corrected chi connectivity index (χ0v) is 7.59. The Morgan fingerprint density at radius 1 is 1.43 bits per heavy atom. The van der Waals surface area contributed by atoms with Crippen molar-refractivity contribution in [3.05, 3.63) is 35.9 Å². The van der Waals surface area contributed by atoms with Crippen molar-refractivity contribution in [1.82, 2.24) is 5.48 Å². The SMILES string of the molecule is NC(=NN=CCc1ccccc1)NO. The van der Waals surface area contributed by atoms with Crippen LogP contribution in [0.2, 0.25) is 0 Å². The van der Waals surface area contributed by atoms with Crippen LogP contribution < -0.4 is 11.2 Å². The molecule has 0 radical (unpaired) electrons. The molecule has 0 aliphatic heterocycles. The Bertz CT molecular complexity index is 321. The quantitative estimate of drug-likeness (QED) is 0.370. The first-order chi connectivity index (χ1) is 6.83. The standard InChI is InChI=1S/C9H12N4O/c10-9(13-14)12-11-7-6-8-4-2-1-3-5-8/h1-5,7,14H,6H2,(H3,10,12,13). The number of guanidine groups is 1. The number of hydroxylamine groups is 1. The summed E-state index contributed by atoms with van der Waals surface area (Å²) in [4.78, 5) is 0. The second-order valence-electron chi connectivity index (χ2n) is 2.58. The highest BCUT2D eigenvalue weighted by atomic mass is 16.5. The minimum Gasteiger partial charge on any atom is -0.367 e. The highest BCUT2D eigenvalue weighted by Gasteiger charge is 1.86. The van der Waals surface area contributed by atoms with E-state index in [1.165, 1.54) is 0 Å². The van der Waals surface area contributed by atoms with Gasteiger partial charge in [0.05, 0.1) is 0 Å². The molecule has 0 unspecified atom stereocenters. The second-order valence-corrected chi connectivity index (χ2v) is 2.58. The van der Waals surface area contributed by atoms with Gasteiger partial charge in [0.15, 0.2) is 0 Å². The minimum absolute atomic E-state index is 0.130. The monoisotopic (exact) mass is 192 g/mol. The molecule has 1 rings (SSSR count). The van der Waals surface area contributed by atoms with Crippen LogP contribution in [0.15, 0.2) is 40.5 Å². The molecule has 4 N–H and O–H groups in total. The van der Waals surface area contributed by atoms with E-state index in [4.69, 9.17) is 10.9 Å². The van der Waals surface area contributed by atoms with Crippen molar-refractivity contribution in [2.75, 3.05) is 0 Å². The van der Waals surface area contributed by atoms with Gasteiger partial charge in [-0.3, -0.25) is 5.21 Å². The van der Waals surface area contributed by atoms with Crippen LogP contribution >= 0.6 is 0 Å². The fourth-order valence-electron chi connectivity index (χ4n) is 0.886. The van der Waals surface area contributed by atoms with E-state index in [-0.39, 0.29) is 5.96 Å². The van der Waals surface area contributed by atoms with E-state index in [2.05, 4.69) is 10.2 Å². The van der Waals surface area contributed by atoms with E-state index in [9.17, 15) is 0 Å². The van der Waals surface area contributed by atoms with Gasteiger partial charge in [-0.15, -0.1) is 5.10 Å². The van der Waals surface area contributed by atoms with E-state index < -0.39 is 0 Å². The average molecular weight is 192 g/mol. The molecule has 74 valence electrons. The highest BCUT2D eigenvalue weighted by molar-refractivity contribution is 5.77. The molecule has 5 heteroatoms. The summed E-state index contributed by atoms with van der Waals surface area (Å²) in [5.74, 6) is -0.130. The van der Waals surface area contributed by atoms with Gasteiger partial charge in [-0.2, -0.15) is 5.10 Å². The Hall–Kier alpha value is -1.88. The summed E-state index contributed by atoms with van der Waals surface area (Å²) in [7, 11) is 0. The Morgan fingerprint density at radius 3 is 2.79 bits per heavy atom. The molecule has 0 aromatic heterocycles. The Morgan fingerprint density at radius 2 is 2.14 bits per heavy atom. The molecule has 14 heavy (non-hydrogen) atoms. The first-order valence-electron chi connectivity index (χ1n) is 4.12. The van der Waals surface area contributed by atoms with Gasteiger partial charge in [0.2, 0.25) is 5.96 Å². The molecule has 1 aromatic carbocycles. The van der Waals surface area contributed by atoms with E-state index in [0.717, 1.165) is 5.56 Å². The molecule has 0 spiro atoms. The molecule has 0 bridgehead atoms. The molecule has 1 aromatic rings. The number of nitrogens with zero attached hydrogens (tertiary/aromatic N) is 2. The lowest BCUT2D eigenvalue weighted by Gasteiger charge is -1.93. The molecule has 0 saturated carbocycles. The number of rotatable bonds is 3. The van der Waals surface area contributed by atoms with Gasteiger partial charge >= 0.3 is 0 Å². The summed E-state index contributed by atoms with van der Waals surface area (Å²) in [6.07, 6.45) is 2.29. The Labute approximate surface area is 81.9 Å². The number of hydrogen-bond donors (Lipinski definition) is 3. The van der Waals surface area contributed by atoms with Crippen LogP contribution in [0.3, 0.4) is 0 Å². The summed E-state index contributed by atoms with van der Waals surface area (Å²) in [6, 6.07) is 9.84. The van der Waals surface area contributed by atoms with Gasteiger partial charge in [0, 0.05) is 12.6 Å². The van der Waals surface area contributed by atoms with Crippen molar-refractivity contribution in [3.8, 4) is 0 Å². The zero-order chi connectivity index (χ0) is 10.2. The fraction of sp³-hybridized carbons (Fsp3) is 0.111. The first-order valence-corrected chi connectivity index (χ1v) is 4.12. The summed E-state index contributed by atoms with van der Waals surface area (Å²) in [5, 5.41) is 15.4. The number of hydrogen-bond acceptors (Lipinski definition) is 3. The van der Waals surface area contributed by atoms with E-state index >= 15 is 0 Å². The predicted octanol–water partition coefficient (Wildman–Crippen LogP) is 0.508. The van der Waals surface area contributed by atoms with Crippen LogP contribution in [0, 0.1) is 0 Å². The highest BCUT2D eigenvalue weighted by Crippen LogP contribution is 1.97. The zero-order valence-electron chi connectivity index (χ0n) is 7.59. The topological polar surface area (TPSA) is 83.0 Å². The molecule has 0 heterocycles. The fourth-order valence-corrected chi connectivity index (χ4v) is 0.886. The van der Waals surface area contributed by atoms with Gasteiger partial charge in [0.1, 0.15) is 0 Å². The molecular formula is C9H12N4O. The third-order valence-corrected chi connectivity index (χ3v) is 1.53. The van der Waals surface area contributed by atoms with Crippen LogP contribution in [0.5, 0.6) is 0 Å². The van der Waals surface area contributed by atoms with E-state index in [1.54, 1.807) is 11.7 Å². The van der Waals surface area contributed by atoms with Crippen LogP contribution in [-0.4, -0.2) is 17.4 Å². The summed E-state index contributed by atoms with van der Waals surface area (Å²) >= 11 is 0. The van der Waals surface area contributed by atoms with E-state index in [1.807, 2.05) is 30.3 Å². The first kappa shape index (κ1) is 10.2. The molecule has 0 aliphatic carbocycles. The van der Waals surface area contributed by atoms with Crippen molar-refractivity contribution >= 4 is 12.2 Å². The van der Waals surface area contributed by atoms with Gasteiger partial charge in [-0.05, 0) is 5.56 Å². The molecule has 0 fully saturated rings. The normalized spacial score (nSPS) is 11.9. The largest absolute Gasteiger partial charge is 0.367 e. The third-order valence-electron chi connectivity index (χ3n) is 1.53. The van der Waals surface area contributed by atoms with Crippen molar-refractivity contribution < 1.29 is 5.21 Å². The Kier molecular flexibility index (Phi) is 4.16. The number of nitrogens with one attached hydrogen (secondary N) is 1. The van der Waals surface area contributed by atoms with Gasteiger partial charge in [-0.25, -0.2) is 5.48 Å². The molecule has 5 nitrogen and oxygen atoms in total. The molecule has 0 amide bonds. The predicted molar refractivity (Wildman–Crippen MR) is 55.2 cm³/mol. The number of nitrogens with two attached hydrogens (primary N) is 1. The summed E-state index contributed by atoms with van der Waals surface area (Å²) in [6.45, 7) is 0. The second kappa shape index (κ2) is 5.71. The van der Waals surface area contributed by atoms with Crippen molar-refractivity contribution in [1.29, 1.82) is 0 Å². The van der Waals surface area contributed by atoms with Gasteiger partial charge < -0.3 is 5.73 Å². The lowest BCUT2D eigenvalue weighted by Crippen LogP contribution is -2.27. The maximum absolute atomic E-state index is 8.27. The number of benzene rings is 1. The summed E-state index contributed by atoms with van der Waals surface area (Å²) in [5.41, 5.74) is 7.95. The van der Waals surface area contributed by atoms with Crippen LogP contribution in [0.25, 0.3) is 0 Å². The Balaban J connectivity index is 2.41.